The van der Waals surface area contributed by atoms with E-state index in [1.54, 1.807) is 0 Å². The molecule has 4 N–H and O–H groups in total. The van der Waals surface area contributed by atoms with Crippen molar-refractivity contribution in [2.24, 2.45) is 11.5 Å². The SMILES string of the molecule is NCCCCCCCC1(N)OS(=O)(=O)O1. The zero-order valence-electron chi connectivity index (χ0n) is 8.65. The van der Waals surface area contributed by atoms with E-state index in [-0.39, 0.29) is 0 Å². The molecule has 0 saturated carbocycles. The van der Waals surface area contributed by atoms with Crippen molar-refractivity contribution in [1.82, 2.24) is 0 Å². The van der Waals surface area contributed by atoms with Crippen LogP contribution in [0.4, 0.5) is 0 Å². The van der Waals surface area contributed by atoms with Crippen molar-refractivity contribution in [3.8, 4) is 0 Å². The average molecular weight is 238 g/mol. The molecule has 0 bridgehead atoms. The second kappa shape index (κ2) is 5.22. The van der Waals surface area contributed by atoms with Crippen molar-refractivity contribution < 1.29 is 16.8 Å². The van der Waals surface area contributed by atoms with Gasteiger partial charge < -0.3 is 5.73 Å². The first-order chi connectivity index (χ1) is 6.97. The van der Waals surface area contributed by atoms with E-state index in [1.165, 1.54) is 0 Å². The third-order valence-electron chi connectivity index (χ3n) is 2.22. The van der Waals surface area contributed by atoms with Crippen LogP contribution in [0.15, 0.2) is 0 Å². The summed E-state index contributed by atoms with van der Waals surface area (Å²) in [5.74, 6) is -1.41. The van der Waals surface area contributed by atoms with Crippen molar-refractivity contribution in [3.63, 3.8) is 0 Å². The highest BCUT2D eigenvalue weighted by Gasteiger charge is 2.48. The normalized spacial score (nSPS) is 22.3. The van der Waals surface area contributed by atoms with Crippen LogP contribution in [0.2, 0.25) is 0 Å². The monoisotopic (exact) mass is 238 g/mol. The maximum atomic E-state index is 10.5. The fourth-order valence-corrected chi connectivity index (χ4v) is 2.35. The van der Waals surface area contributed by atoms with Gasteiger partial charge in [0.2, 0.25) is 0 Å². The third kappa shape index (κ3) is 4.43. The van der Waals surface area contributed by atoms with E-state index in [2.05, 4.69) is 8.37 Å². The lowest BCUT2D eigenvalue weighted by molar-refractivity contribution is -0.187. The Hall–Kier alpha value is -0.210. The van der Waals surface area contributed by atoms with Gasteiger partial charge in [0.25, 0.3) is 5.91 Å². The van der Waals surface area contributed by atoms with Gasteiger partial charge in [0.1, 0.15) is 0 Å². The molecule has 0 aromatic rings. The molecule has 1 saturated heterocycles. The third-order valence-corrected chi connectivity index (χ3v) is 3.19. The van der Waals surface area contributed by atoms with Gasteiger partial charge in [0.05, 0.1) is 0 Å². The number of hydrogen-bond acceptors (Lipinski definition) is 6. The van der Waals surface area contributed by atoms with E-state index in [0.29, 0.717) is 13.0 Å². The van der Waals surface area contributed by atoms with Crippen LogP contribution in [0, 0.1) is 0 Å². The smallest absolute Gasteiger partial charge is 0.330 e. The van der Waals surface area contributed by atoms with Gasteiger partial charge in [-0.15, -0.1) is 0 Å². The average Bonchev–Trinajstić information content (AvgIpc) is 2.07. The van der Waals surface area contributed by atoms with Gasteiger partial charge >= 0.3 is 10.4 Å². The molecule has 1 aliphatic heterocycles. The molecule has 0 aliphatic carbocycles. The molecule has 0 spiro atoms. The van der Waals surface area contributed by atoms with Gasteiger partial charge in [0.15, 0.2) is 0 Å². The van der Waals surface area contributed by atoms with Crippen LogP contribution in [0.1, 0.15) is 38.5 Å². The first kappa shape index (κ1) is 12.9. The van der Waals surface area contributed by atoms with Crippen molar-refractivity contribution in [3.05, 3.63) is 0 Å². The van der Waals surface area contributed by atoms with Crippen LogP contribution in [0.5, 0.6) is 0 Å². The molecule has 0 aromatic carbocycles. The van der Waals surface area contributed by atoms with Crippen LogP contribution in [-0.4, -0.2) is 20.9 Å². The predicted octanol–water partition coefficient (Wildman–Crippen LogP) is 0.190. The lowest BCUT2D eigenvalue weighted by atomic mass is 10.1. The lowest BCUT2D eigenvalue weighted by Gasteiger charge is -2.35. The van der Waals surface area contributed by atoms with Crippen LogP contribution in [0.25, 0.3) is 0 Å². The number of unbranched alkanes of at least 4 members (excludes halogenated alkanes) is 4. The Morgan fingerprint density at radius 3 is 2.07 bits per heavy atom. The Bertz CT molecular complexity index is 279. The Balaban J connectivity index is 2.02. The van der Waals surface area contributed by atoms with Gasteiger partial charge in [-0.25, -0.2) is 0 Å². The number of rotatable bonds is 7. The van der Waals surface area contributed by atoms with E-state index < -0.39 is 16.3 Å². The van der Waals surface area contributed by atoms with Crippen LogP contribution in [-0.2, 0) is 18.8 Å². The van der Waals surface area contributed by atoms with Crippen molar-refractivity contribution in [2.75, 3.05) is 6.54 Å². The van der Waals surface area contributed by atoms with E-state index in [9.17, 15) is 8.42 Å². The maximum absolute atomic E-state index is 10.5. The van der Waals surface area contributed by atoms with E-state index in [1.807, 2.05) is 0 Å². The van der Waals surface area contributed by atoms with Gasteiger partial charge in [-0.05, 0) is 19.4 Å². The van der Waals surface area contributed by atoms with Gasteiger partial charge in [-0.3, -0.25) is 5.73 Å². The van der Waals surface area contributed by atoms with E-state index in [0.717, 1.165) is 32.1 Å². The Morgan fingerprint density at radius 1 is 1.00 bits per heavy atom. The molecule has 0 radical (unpaired) electrons. The number of hydrogen-bond donors (Lipinski definition) is 2. The summed E-state index contributed by atoms with van der Waals surface area (Å²) >= 11 is 0. The minimum absolute atomic E-state index is 0.398. The minimum atomic E-state index is -3.78. The fraction of sp³-hybridized carbons (Fsp3) is 1.00. The quantitative estimate of drug-likeness (QED) is 0.613. The van der Waals surface area contributed by atoms with Crippen molar-refractivity contribution in [1.29, 1.82) is 0 Å². The second-order valence-corrected chi connectivity index (χ2v) is 4.84. The molecule has 6 nitrogen and oxygen atoms in total. The highest BCUT2D eigenvalue weighted by atomic mass is 32.3. The molecule has 1 fully saturated rings. The van der Waals surface area contributed by atoms with Gasteiger partial charge in [-0.2, -0.15) is 16.8 Å². The first-order valence-electron chi connectivity index (χ1n) is 5.13. The summed E-state index contributed by atoms with van der Waals surface area (Å²) in [6.45, 7) is 0.714. The fourth-order valence-electron chi connectivity index (χ4n) is 1.48. The summed E-state index contributed by atoms with van der Waals surface area (Å²) in [5.41, 5.74) is 10.8. The molecular formula is C8H18N2O4S. The Morgan fingerprint density at radius 2 is 1.53 bits per heavy atom. The summed E-state index contributed by atoms with van der Waals surface area (Å²) in [7, 11) is -3.78. The summed E-state index contributed by atoms with van der Waals surface area (Å²) in [4.78, 5) is 0. The molecule has 0 atom stereocenters. The molecule has 0 aromatic heterocycles. The minimum Gasteiger partial charge on any atom is -0.330 e. The summed E-state index contributed by atoms with van der Waals surface area (Å²) in [5, 5.41) is 0. The zero-order valence-corrected chi connectivity index (χ0v) is 9.46. The second-order valence-electron chi connectivity index (χ2n) is 3.69. The molecule has 1 heterocycles. The Labute approximate surface area is 90.2 Å². The predicted molar refractivity (Wildman–Crippen MR) is 54.8 cm³/mol. The van der Waals surface area contributed by atoms with Crippen LogP contribution < -0.4 is 11.5 Å². The van der Waals surface area contributed by atoms with Crippen molar-refractivity contribution in [2.45, 2.75) is 44.4 Å². The molecule has 1 rings (SSSR count). The van der Waals surface area contributed by atoms with E-state index >= 15 is 0 Å². The summed E-state index contributed by atoms with van der Waals surface area (Å²) in [6, 6.07) is 0. The van der Waals surface area contributed by atoms with Gasteiger partial charge in [0, 0.05) is 6.42 Å². The molecular weight excluding hydrogens is 220 g/mol. The van der Waals surface area contributed by atoms with Crippen LogP contribution >= 0.6 is 0 Å². The van der Waals surface area contributed by atoms with E-state index in [4.69, 9.17) is 11.5 Å². The highest BCUT2D eigenvalue weighted by Crippen LogP contribution is 2.30. The standard InChI is InChI=1S/C8H18N2O4S/c9-7-5-3-1-2-4-6-8(10)13-15(11,12)14-8/h1-7,9-10H2. The molecule has 0 amide bonds. The highest BCUT2D eigenvalue weighted by molar-refractivity contribution is 7.82. The molecule has 7 heteroatoms. The van der Waals surface area contributed by atoms with Crippen LogP contribution in [0.3, 0.4) is 0 Å². The topological polar surface area (TPSA) is 105 Å². The maximum Gasteiger partial charge on any atom is 0.407 e. The summed E-state index contributed by atoms with van der Waals surface area (Å²) in [6.07, 6.45) is 5.35. The molecule has 1 aliphatic rings. The summed E-state index contributed by atoms with van der Waals surface area (Å²) < 4.78 is 30.0. The largest absolute Gasteiger partial charge is 0.407 e. The molecule has 0 unspecified atom stereocenters. The Kier molecular flexibility index (Phi) is 4.47. The van der Waals surface area contributed by atoms with Gasteiger partial charge in [-0.1, -0.05) is 19.3 Å². The zero-order chi connectivity index (χ0) is 11.4. The molecule has 90 valence electrons. The molecule has 15 heavy (non-hydrogen) atoms. The first-order valence-corrected chi connectivity index (χ1v) is 6.46. The van der Waals surface area contributed by atoms with Crippen molar-refractivity contribution >= 4 is 10.4 Å². The lowest BCUT2D eigenvalue weighted by Crippen LogP contribution is -2.57. The number of nitrogens with two attached hydrogens (primary N) is 2.